The smallest absolute Gasteiger partial charge is 0.239 e. The number of nitrogens with zero attached hydrogens (tertiary/aromatic N) is 3. The Morgan fingerprint density at radius 3 is 2.54 bits per heavy atom. The molecule has 2 aliphatic heterocycles. The van der Waals surface area contributed by atoms with Crippen molar-refractivity contribution in [2.24, 2.45) is 10.9 Å². The van der Waals surface area contributed by atoms with E-state index in [-0.39, 0.29) is 29.9 Å². The Balaban J connectivity index is 0.00000208. The highest BCUT2D eigenvalue weighted by Crippen LogP contribution is 2.18. The van der Waals surface area contributed by atoms with Gasteiger partial charge in [0, 0.05) is 52.4 Å². The number of guanidine groups is 1. The van der Waals surface area contributed by atoms with Crippen LogP contribution in [-0.4, -0.2) is 87.2 Å². The van der Waals surface area contributed by atoms with Crippen molar-refractivity contribution >= 4 is 35.8 Å². The number of ether oxygens (including phenoxy) is 1. The molecule has 0 radical (unpaired) electrons. The van der Waals surface area contributed by atoms with Gasteiger partial charge in [-0.25, -0.2) is 0 Å². The number of hydrogen-bond acceptors (Lipinski definition) is 4. The maximum atomic E-state index is 11.8. The summed E-state index contributed by atoms with van der Waals surface area (Å²) in [6.45, 7) is 7.29. The molecule has 0 bridgehead atoms. The lowest BCUT2D eigenvalue weighted by atomic mass is 10.1. The number of nitrogens with one attached hydrogen (secondary N) is 2. The van der Waals surface area contributed by atoms with Crippen LogP contribution in [0.2, 0.25) is 0 Å². The Kier molecular flexibility index (Phi) is 8.02. The zero-order chi connectivity index (χ0) is 16.1. The molecular weight excluding hydrogens is 421 g/mol. The molecule has 1 amide bonds. The Bertz CT molecular complexity index is 430. The van der Waals surface area contributed by atoms with Crippen LogP contribution in [0.5, 0.6) is 0 Å². The van der Waals surface area contributed by atoms with E-state index in [1.807, 2.05) is 0 Å². The summed E-state index contributed by atoms with van der Waals surface area (Å²) in [6.07, 6.45) is 3.43. The summed E-state index contributed by atoms with van der Waals surface area (Å²) in [5.74, 6) is 1.60. The van der Waals surface area contributed by atoms with Crippen molar-refractivity contribution in [3.8, 4) is 0 Å². The number of halogens is 1. The number of hydrogen-bond donors (Lipinski definition) is 2. The molecule has 0 aromatic rings. The van der Waals surface area contributed by atoms with Gasteiger partial charge < -0.3 is 20.3 Å². The fourth-order valence-corrected chi connectivity index (χ4v) is 3.23. The monoisotopic (exact) mass is 451 g/mol. The van der Waals surface area contributed by atoms with Gasteiger partial charge in [0.05, 0.1) is 13.2 Å². The Labute approximate surface area is 161 Å². The molecule has 3 fully saturated rings. The maximum Gasteiger partial charge on any atom is 0.239 e. The summed E-state index contributed by atoms with van der Waals surface area (Å²) in [5.41, 5.74) is 0. The zero-order valence-electron chi connectivity index (χ0n) is 14.5. The summed E-state index contributed by atoms with van der Waals surface area (Å²) in [4.78, 5) is 20.9. The van der Waals surface area contributed by atoms with Crippen LogP contribution in [-0.2, 0) is 9.53 Å². The molecular formula is C16H30IN5O2. The van der Waals surface area contributed by atoms with Crippen molar-refractivity contribution in [3.05, 3.63) is 0 Å². The van der Waals surface area contributed by atoms with Crippen LogP contribution in [0.25, 0.3) is 0 Å². The van der Waals surface area contributed by atoms with Gasteiger partial charge in [0.1, 0.15) is 0 Å². The third-order valence-electron chi connectivity index (χ3n) is 4.77. The van der Waals surface area contributed by atoms with E-state index in [9.17, 15) is 4.79 Å². The van der Waals surface area contributed by atoms with Crippen LogP contribution in [0.4, 0.5) is 0 Å². The molecule has 0 aromatic carbocycles. The van der Waals surface area contributed by atoms with Crippen LogP contribution in [0.1, 0.15) is 19.3 Å². The van der Waals surface area contributed by atoms with Crippen LogP contribution >= 0.6 is 24.0 Å². The topological polar surface area (TPSA) is 69.2 Å². The molecule has 2 saturated heterocycles. The van der Waals surface area contributed by atoms with Crippen LogP contribution in [0.15, 0.2) is 4.99 Å². The highest BCUT2D eigenvalue weighted by Gasteiger charge is 2.25. The standard InChI is InChI=1S/C16H29N5O2.HI/c1-17-16(18-10-15(22)19-14-2-3-14)21-7-5-20(6-8-21)11-13-4-9-23-12-13;/h13-14H,2-12H2,1H3,(H,17,18)(H,19,22);1H. The van der Waals surface area contributed by atoms with Gasteiger partial charge >= 0.3 is 0 Å². The molecule has 3 aliphatic rings. The van der Waals surface area contributed by atoms with Crippen LogP contribution in [0.3, 0.4) is 0 Å². The van der Waals surface area contributed by atoms with Gasteiger partial charge in [0.2, 0.25) is 5.91 Å². The lowest BCUT2D eigenvalue weighted by Gasteiger charge is -2.37. The Morgan fingerprint density at radius 1 is 1.21 bits per heavy atom. The number of carbonyl (C=O) groups excluding carboxylic acids is 1. The van der Waals surface area contributed by atoms with Gasteiger partial charge in [-0.1, -0.05) is 0 Å². The normalized spacial score (nSPS) is 25.3. The summed E-state index contributed by atoms with van der Waals surface area (Å²) >= 11 is 0. The van der Waals surface area contributed by atoms with Gasteiger partial charge in [-0.15, -0.1) is 24.0 Å². The van der Waals surface area contributed by atoms with E-state index in [0.29, 0.717) is 18.5 Å². The summed E-state index contributed by atoms with van der Waals surface area (Å²) in [5, 5.41) is 6.17. The van der Waals surface area contributed by atoms with Crippen molar-refractivity contribution < 1.29 is 9.53 Å². The van der Waals surface area contributed by atoms with E-state index in [2.05, 4.69) is 25.4 Å². The Morgan fingerprint density at radius 2 is 1.96 bits per heavy atom. The quantitative estimate of drug-likeness (QED) is 0.353. The summed E-state index contributed by atoms with van der Waals surface area (Å²) < 4.78 is 5.46. The summed E-state index contributed by atoms with van der Waals surface area (Å²) in [7, 11) is 1.78. The second kappa shape index (κ2) is 9.76. The molecule has 0 aromatic heterocycles. The zero-order valence-corrected chi connectivity index (χ0v) is 16.8. The molecule has 8 heteroatoms. The minimum atomic E-state index is 0. The minimum Gasteiger partial charge on any atom is -0.381 e. The van der Waals surface area contributed by atoms with E-state index in [4.69, 9.17) is 4.74 Å². The Hall–Kier alpha value is -0.610. The van der Waals surface area contributed by atoms with Crippen molar-refractivity contribution in [2.45, 2.75) is 25.3 Å². The van der Waals surface area contributed by atoms with Gasteiger partial charge in [0.25, 0.3) is 0 Å². The third-order valence-corrected chi connectivity index (χ3v) is 4.77. The number of rotatable bonds is 5. The van der Waals surface area contributed by atoms with E-state index in [0.717, 1.165) is 64.7 Å². The number of aliphatic imine (C=N–C) groups is 1. The maximum absolute atomic E-state index is 11.8. The van der Waals surface area contributed by atoms with Gasteiger partial charge in [0.15, 0.2) is 5.96 Å². The molecule has 1 unspecified atom stereocenters. The first-order chi connectivity index (χ1) is 11.2. The highest BCUT2D eigenvalue weighted by atomic mass is 127. The SMILES string of the molecule is CN=C(NCC(=O)NC1CC1)N1CCN(CC2CCOC2)CC1.I. The third kappa shape index (κ3) is 6.03. The first kappa shape index (κ1) is 19.7. The van der Waals surface area contributed by atoms with Crippen molar-refractivity contribution in [1.82, 2.24) is 20.4 Å². The van der Waals surface area contributed by atoms with Crippen molar-refractivity contribution in [1.29, 1.82) is 0 Å². The molecule has 1 atom stereocenters. The molecule has 138 valence electrons. The second-order valence-electron chi connectivity index (χ2n) is 6.76. The fourth-order valence-electron chi connectivity index (χ4n) is 3.23. The number of carbonyl (C=O) groups is 1. The average Bonchev–Trinajstić information content (AvgIpc) is 3.22. The van der Waals surface area contributed by atoms with Crippen molar-refractivity contribution in [3.63, 3.8) is 0 Å². The molecule has 2 N–H and O–H groups in total. The van der Waals surface area contributed by atoms with Crippen LogP contribution < -0.4 is 10.6 Å². The molecule has 7 nitrogen and oxygen atoms in total. The average molecular weight is 451 g/mol. The molecule has 1 aliphatic carbocycles. The van der Waals surface area contributed by atoms with E-state index < -0.39 is 0 Å². The lowest BCUT2D eigenvalue weighted by molar-refractivity contribution is -0.120. The molecule has 3 rings (SSSR count). The first-order valence-electron chi connectivity index (χ1n) is 8.79. The van der Waals surface area contributed by atoms with E-state index >= 15 is 0 Å². The molecule has 24 heavy (non-hydrogen) atoms. The fraction of sp³-hybridized carbons (Fsp3) is 0.875. The first-order valence-corrected chi connectivity index (χ1v) is 8.79. The van der Waals surface area contributed by atoms with Crippen LogP contribution in [0, 0.1) is 5.92 Å². The predicted octanol–water partition coefficient (Wildman–Crippen LogP) is 0.113. The van der Waals surface area contributed by atoms with Crippen molar-refractivity contribution in [2.75, 3.05) is 59.5 Å². The van der Waals surface area contributed by atoms with E-state index in [1.165, 1.54) is 6.42 Å². The molecule has 2 heterocycles. The number of amides is 1. The highest BCUT2D eigenvalue weighted by molar-refractivity contribution is 14.0. The predicted molar refractivity (Wildman–Crippen MR) is 105 cm³/mol. The molecule has 0 spiro atoms. The lowest BCUT2D eigenvalue weighted by Crippen LogP contribution is -2.54. The number of piperazine rings is 1. The largest absolute Gasteiger partial charge is 0.381 e. The van der Waals surface area contributed by atoms with Gasteiger partial charge in [-0.05, 0) is 25.2 Å². The second-order valence-corrected chi connectivity index (χ2v) is 6.76. The molecule has 1 saturated carbocycles. The summed E-state index contributed by atoms with van der Waals surface area (Å²) in [6, 6.07) is 0.412. The minimum absolute atomic E-state index is 0. The van der Waals surface area contributed by atoms with Gasteiger partial charge in [-0.2, -0.15) is 0 Å². The van der Waals surface area contributed by atoms with Gasteiger partial charge in [-0.3, -0.25) is 14.7 Å². The van der Waals surface area contributed by atoms with E-state index in [1.54, 1.807) is 7.05 Å².